The van der Waals surface area contributed by atoms with Crippen LogP contribution >= 0.6 is 15.9 Å². The second kappa shape index (κ2) is 3.15. The highest BCUT2D eigenvalue weighted by atomic mass is 79.9. The molecule has 1 aromatic heterocycles. The molecule has 1 aliphatic rings. The van der Waals surface area contributed by atoms with Crippen molar-refractivity contribution in [2.24, 2.45) is 0 Å². The van der Waals surface area contributed by atoms with Crippen molar-refractivity contribution >= 4 is 15.9 Å². The van der Waals surface area contributed by atoms with Gasteiger partial charge < -0.3 is 5.32 Å². The van der Waals surface area contributed by atoms with Crippen molar-refractivity contribution in [3.63, 3.8) is 0 Å². The molecule has 0 aromatic carbocycles. The van der Waals surface area contributed by atoms with Crippen molar-refractivity contribution in [3.05, 3.63) is 28.0 Å². The van der Waals surface area contributed by atoms with Crippen LogP contribution in [0.4, 0.5) is 0 Å². The van der Waals surface area contributed by atoms with Gasteiger partial charge in [0, 0.05) is 35.4 Å². The van der Waals surface area contributed by atoms with Gasteiger partial charge in [0.2, 0.25) is 0 Å². The Morgan fingerprint density at radius 2 is 2.50 bits per heavy atom. The van der Waals surface area contributed by atoms with Crippen LogP contribution in [0.5, 0.6) is 0 Å². The lowest BCUT2D eigenvalue weighted by Crippen LogP contribution is -2.27. The van der Waals surface area contributed by atoms with Gasteiger partial charge in [-0.05, 0) is 27.6 Å². The lowest BCUT2D eigenvalue weighted by atomic mass is 9.98. The summed E-state index contributed by atoms with van der Waals surface area (Å²) in [5, 5.41) is 3.36. The first-order chi connectivity index (χ1) is 5.77. The molecule has 0 unspecified atom stereocenters. The maximum atomic E-state index is 4.41. The lowest BCUT2D eigenvalue weighted by molar-refractivity contribution is 0.556. The largest absolute Gasteiger partial charge is 0.312 e. The van der Waals surface area contributed by atoms with Gasteiger partial charge in [-0.3, -0.25) is 4.98 Å². The molecule has 0 amide bonds. The standard InChI is InChI=1S/C9H11BrN2/c1-6-3-11-4-7-2-8(10)5-12-9(6)7/h2,5-6,11H,3-4H2,1H3/t6-/m1/s1. The third-order valence-electron chi connectivity index (χ3n) is 2.20. The quantitative estimate of drug-likeness (QED) is 0.733. The molecule has 1 aliphatic heterocycles. The van der Waals surface area contributed by atoms with E-state index in [1.807, 2.05) is 6.20 Å². The summed E-state index contributed by atoms with van der Waals surface area (Å²) >= 11 is 3.42. The van der Waals surface area contributed by atoms with Crippen LogP contribution in [0.1, 0.15) is 24.1 Å². The summed E-state index contributed by atoms with van der Waals surface area (Å²) in [4.78, 5) is 4.41. The first-order valence-corrected chi connectivity index (χ1v) is 4.91. The molecule has 12 heavy (non-hydrogen) atoms. The minimum absolute atomic E-state index is 0.543. The number of pyridine rings is 1. The van der Waals surface area contributed by atoms with Gasteiger partial charge in [-0.1, -0.05) is 6.92 Å². The van der Waals surface area contributed by atoms with E-state index < -0.39 is 0 Å². The molecule has 0 saturated heterocycles. The molecular weight excluding hydrogens is 216 g/mol. The Balaban J connectivity index is 2.46. The molecule has 0 saturated carbocycles. The minimum atomic E-state index is 0.543. The van der Waals surface area contributed by atoms with Gasteiger partial charge in [-0.2, -0.15) is 0 Å². The van der Waals surface area contributed by atoms with Crippen LogP contribution in [0.15, 0.2) is 16.7 Å². The van der Waals surface area contributed by atoms with Gasteiger partial charge in [-0.15, -0.1) is 0 Å². The molecule has 2 nitrogen and oxygen atoms in total. The van der Waals surface area contributed by atoms with E-state index in [4.69, 9.17) is 0 Å². The molecular formula is C9H11BrN2. The van der Waals surface area contributed by atoms with Crippen LogP contribution in [-0.4, -0.2) is 11.5 Å². The monoisotopic (exact) mass is 226 g/mol. The fraction of sp³-hybridized carbons (Fsp3) is 0.444. The molecule has 0 spiro atoms. The van der Waals surface area contributed by atoms with Crippen molar-refractivity contribution < 1.29 is 0 Å². The zero-order chi connectivity index (χ0) is 8.55. The fourth-order valence-electron chi connectivity index (χ4n) is 1.60. The molecule has 1 atom stereocenters. The summed E-state index contributed by atoms with van der Waals surface area (Å²) in [6.07, 6.45) is 1.88. The predicted octanol–water partition coefficient (Wildman–Crippen LogP) is 2.05. The summed E-state index contributed by atoms with van der Waals surface area (Å²) in [7, 11) is 0. The van der Waals surface area contributed by atoms with E-state index in [9.17, 15) is 0 Å². The predicted molar refractivity (Wildman–Crippen MR) is 52.1 cm³/mol. The van der Waals surface area contributed by atoms with Crippen molar-refractivity contribution in [3.8, 4) is 0 Å². The number of fused-ring (bicyclic) bond motifs is 1. The molecule has 1 aromatic rings. The van der Waals surface area contributed by atoms with E-state index in [0.29, 0.717) is 5.92 Å². The molecule has 3 heteroatoms. The van der Waals surface area contributed by atoms with Crippen LogP contribution < -0.4 is 5.32 Å². The molecule has 2 rings (SSSR count). The third-order valence-corrected chi connectivity index (χ3v) is 2.63. The number of hydrogen-bond donors (Lipinski definition) is 1. The summed E-state index contributed by atoms with van der Waals surface area (Å²) < 4.78 is 1.07. The number of aromatic nitrogens is 1. The zero-order valence-electron chi connectivity index (χ0n) is 6.97. The Labute approximate surface area is 80.5 Å². The normalized spacial score (nSPS) is 22.0. The van der Waals surface area contributed by atoms with Crippen LogP contribution in [0, 0.1) is 0 Å². The van der Waals surface area contributed by atoms with E-state index in [2.05, 4.69) is 39.2 Å². The average molecular weight is 227 g/mol. The van der Waals surface area contributed by atoms with Crippen molar-refractivity contribution in [2.75, 3.05) is 6.54 Å². The van der Waals surface area contributed by atoms with Crippen LogP contribution in [-0.2, 0) is 6.54 Å². The van der Waals surface area contributed by atoms with Crippen LogP contribution in [0.2, 0.25) is 0 Å². The SMILES string of the molecule is C[C@@H]1CNCc2cc(Br)cnc21. The van der Waals surface area contributed by atoms with Crippen molar-refractivity contribution in [2.45, 2.75) is 19.4 Å². The van der Waals surface area contributed by atoms with E-state index in [-0.39, 0.29) is 0 Å². The molecule has 0 bridgehead atoms. The molecule has 64 valence electrons. The smallest absolute Gasteiger partial charge is 0.0490 e. The van der Waals surface area contributed by atoms with Gasteiger partial charge in [-0.25, -0.2) is 0 Å². The van der Waals surface area contributed by atoms with E-state index in [0.717, 1.165) is 17.6 Å². The number of halogens is 1. The molecule has 0 aliphatic carbocycles. The van der Waals surface area contributed by atoms with Gasteiger partial charge in [0.05, 0.1) is 0 Å². The summed E-state index contributed by atoms with van der Waals surface area (Å²) in [6, 6.07) is 2.14. The first kappa shape index (κ1) is 8.20. The van der Waals surface area contributed by atoms with Crippen LogP contribution in [0.3, 0.4) is 0 Å². The Morgan fingerprint density at radius 1 is 1.67 bits per heavy atom. The first-order valence-electron chi connectivity index (χ1n) is 4.12. The second-order valence-electron chi connectivity index (χ2n) is 3.23. The Hall–Kier alpha value is -0.410. The topological polar surface area (TPSA) is 24.9 Å². The van der Waals surface area contributed by atoms with E-state index in [1.165, 1.54) is 11.3 Å². The van der Waals surface area contributed by atoms with E-state index >= 15 is 0 Å². The molecule has 0 fully saturated rings. The minimum Gasteiger partial charge on any atom is -0.312 e. The Kier molecular flexibility index (Phi) is 2.15. The number of hydrogen-bond acceptors (Lipinski definition) is 2. The Morgan fingerprint density at radius 3 is 3.33 bits per heavy atom. The van der Waals surface area contributed by atoms with Gasteiger partial charge >= 0.3 is 0 Å². The van der Waals surface area contributed by atoms with Crippen molar-refractivity contribution in [1.82, 2.24) is 10.3 Å². The zero-order valence-corrected chi connectivity index (χ0v) is 8.56. The maximum Gasteiger partial charge on any atom is 0.0490 e. The molecule has 2 heterocycles. The third kappa shape index (κ3) is 1.39. The summed E-state index contributed by atoms with van der Waals surface area (Å²) in [5.74, 6) is 0.543. The fourth-order valence-corrected chi connectivity index (χ4v) is 1.98. The number of nitrogens with zero attached hydrogens (tertiary/aromatic N) is 1. The summed E-state index contributed by atoms with van der Waals surface area (Å²) in [6.45, 7) is 4.19. The molecule has 0 radical (unpaired) electrons. The van der Waals surface area contributed by atoms with Gasteiger partial charge in [0.1, 0.15) is 0 Å². The summed E-state index contributed by atoms with van der Waals surface area (Å²) in [5.41, 5.74) is 2.57. The average Bonchev–Trinajstić information content (AvgIpc) is 2.04. The highest BCUT2D eigenvalue weighted by molar-refractivity contribution is 9.10. The lowest BCUT2D eigenvalue weighted by Gasteiger charge is -2.21. The highest BCUT2D eigenvalue weighted by Gasteiger charge is 2.16. The van der Waals surface area contributed by atoms with E-state index in [1.54, 1.807) is 0 Å². The van der Waals surface area contributed by atoms with Gasteiger partial charge in [0.15, 0.2) is 0 Å². The van der Waals surface area contributed by atoms with Crippen molar-refractivity contribution in [1.29, 1.82) is 0 Å². The van der Waals surface area contributed by atoms with Gasteiger partial charge in [0.25, 0.3) is 0 Å². The molecule has 1 N–H and O–H groups in total. The Bertz CT molecular complexity index is 299. The second-order valence-corrected chi connectivity index (χ2v) is 4.15. The maximum absolute atomic E-state index is 4.41. The number of nitrogens with one attached hydrogen (secondary N) is 1. The number of rotatable bonds is 0. The highest BCUT2D eigenvalue weighted by Crippen LogP contribution is 2.23. The van der Waals surface area contributed by atoms with Crippen LogP contribution in [0.25, 0.3) is 0 Å².